The van der Waals surface area contributed by atoms with Gasteiger partial charge in [0.15, 0.2) is 0 Å². The average Bonchev–Trinajstić information content (AvgIpc) is 3.07. The fourth-order valence-electron chi connectivity index (χ4n) is 3.18. The zero-order valence-corrected chi connectivity index (χ0v) is 15.0. The third-order valence-corrected chi connectivity index (χ3v) is 5.72. The van der Waals surface area contributed by atoms with Crippen molar-refractivity contribution >= 4 is 28.1 Å². The van der Waals surface area contributed by atoms with E-state index in [4.69, 9.17) is 0 Å². The molecule has 2 aromatic heterocycles. The number of hydrogen-bond acceptors (Lipinski definition) is 4. The molecule has 0 amide bonds. The van der Waals surface area contributed by atoms with Crippen LogP contribution in [-0.4, -0.2) is 16.1 Å². The van der Waals surface area contributed by atoms with Crippen molar-refractivity contribution in [3.05, 3.63) is 88.6 Å². The van der Waals surface area contributed by atoms with Crippen LogP contribution >= 0.6 is 11.3 Å². The zero-order valence-electron chi connectivity index (χ0n) is 14.2. The maximum absolute atomic E-state index is 11.8. The maximum Gasteiger partial charge on any atom is 0.346 e. The summed E-state index contributed by atoms with van der Waals surface area (Å²) in [6, 6.07) is 19.9. The van der Waals surface area contributed by atoms with Gasteiger partial charge in [0.1, 0.15) is 10.9 Å². The van der Waals surface area contributed by atoms with E-state index in [-0.39, 0.29) is 4.88 Å². The van der Waals surface area contributed by atoms with E-state index in [0.717, 1.165) is 33.2 Å². The first kappa shape index (κ1) is 17.0. The summed E-state index contributed by atoms with van der Waals surface area (Å²) in [7, 11) is 0. The van der Waals surface area contributed by atoms with Crippen LogP contribution in [0.1, 0.15) is 26.4 Å². The van der Waals surface area contributed by atoms with Crippen molar-refractivity contribution < 1.29 is 9.90 Å². The van der Waals surface area contributed by atoms with Crippen molar-refractivity contribution in [2.45, 2.75) is 6.42 Å². The molecule has 5 heteroatoms. The van der Waals surface area contributed by atoms with Gasteiger partial charge >= 0.3 is 5.97 Å². The highest BCUT2D eigenvalue weighted by molar-refractivity contribution is 7.17. The smallest absolute Gasteiger partial charge is 0.346 e. The molecule has 0 radical (unpaired) electrons. The zero-order chi connectivity index (χ0) is 18.8. The Morgan fingerprint density at radius 3 is 2.52 bits per heavy atom. The SMILES string of the molecule is N#Cc1c(-c2ccncc2)sc(C(=O)O)c1Cc1ccc2ccccc2c1. The first-order chi connectivity index (χ1) is 13.2. The van der Waals surface area contributed by atoms with Crippen LogP contribution in [0.2, 0.25) is 0 Å². The quantitative estimate of drug-likeness (QED) is 0.541. The molecule has 130 valence electrons. The molecule has 0 fully saturated rings. The Hall–Kier alpha value is -3.49. The van der Waals surface area contributed by atoms with E-state index in [1.54, 1.807) is 24.5 Å². The van der Waals surface area contributed by atoms with E-state index in [2.05, 4.69) is 11.1 Å². The predicted octanol–water partition coefficient (Wildman–Crippen LogP) is 5.12. The second-order valence-corrected chi connectivity index (χ2v) is 7.15. The molecule has 0 aliphatic heterocycles. The summed E-state index contributed by atoms with van der Waals surface area (Å²) in [5.41, 5.74) is 2.78. The van der Waals surface area contributed by atoms with Gasteiger partial charge in [0.2, 0.25) is 0 Å². The number of thiophene rings is 1. The van der Waals surface area contributed by atoms with Crippen molar-refractivity contribution in [2.75, 3.05) is 0 Å². The van der Waals surface area contributed by atoms with E-state index < -0.39 is 5.97 Å². The number of nitriles is 1. The number of pyridine rings is 1. The highest BCUT2D eigenvalue weighted by atomic mass is 32.1. The molecular formula is C22H14N2O2S. The molecule has 4 aromatic rings. The van der Waals surface area contributed by atoms with Crippen LogP contribution in [0, 0.1) is 11.3 Å². The number of rotatable bonds is 4. The van der Waals surface area contributed by atoms with Gasteiger partial charge in [0.25, 0.3) is 0 Å². The lowest BCUT2D eigenvalue weighted by atomic mass is 9.97. The normalized spacial score (nSPS) is 10.6. The molecule has 4 nitrogen and oxygen atoms in total. The molecule has 0 saturated heterocycles. The number of fused-ring (bicyclic) bond motifs is 1. The minimum Gasteiger partial charge on any atom is -0.477 e. The molecule has 4 rings (SSSR count). The summed E-state index contributed by atoms with van der Waals surface area (Å²) in [5.74, 6) is -1.01. The highest BCUT2D eigenvalue weighted by Gasteiger charge is 2.23. The highest BCUT2D eigenvalue weighted by Crippen LogP contribution is 2.37. The minimum absolute atomic E-state index is 0.214. The Bertz CT molecular complexity index is 1190. The number of carboxylic acids is 1. The molecule has 1 N–H and O–H groups in total. The lowest BCUT2D eigenvalue weighted by Crippen LogP contribution is -2.00. The van der Waals surface area contributed by atoms with Crippen LogP contribution in [-0.2, 0) is 6.42 Å². The largest absolute Gasteiger partial charge is 0.477 e. The average molecular weight is 370 g/mol. The molecule has 27 heavy (non-hydrogen) atoms. The summed E-state index contributed by atoms with van der Waals surface area (Å²) in [4.78, 5) is 16.7. The Kier molecular flexibility index (Phi) is 4.41. The molecule has 0 bridgehead atoms. The summed E-state index contributed by atoms with van der Waals surface area (Å²) in [6.45, 7) is 0. The molecular weight excluding hydrogens is 356 g/mol. The van der Waals surface area contributed by atoms with Crippen LogP contribution in [0.3, 0.4) is 0 Å². The van der Waals surface area contributed by atoms with Gasteiger partial charge in [-0.15, -0.1) is 11.3 Å². The van der Waals surface area contributed by atoms with Crippen molar-refractivity contribution in [1.82, 2.24) is 4.98 Å². The molecule has 0 unspecified atom stereocenters. The number of carboxylic acid groups (broad SMARTS) is 1. The van der Waals surface area contributed by atoms with Crippen molar-refractivity contribution in [3.8, 4) is 16.5 Å². The molecule has 2 heterocycles. The molecule has 2 aromatic carbocycles. The number of carbonyl (C=O) groups is 1. The van der Waals surface area contributed by atoms with Crippen LogP contribution in [0.25, 0.3) is 21.2 Å². The van der Waals surface area contributed by atoms with Crippen LogP contribution in [0.4, 0.5) is 0 Å². The third kappa shape index (κ3) is 3.19. The maximum atomic E-state index is 11.8. The summed E-state index contributed by atoms with van der Waals surface area (Å²) >= 11 is 1.14. The number of nitrogens with zero attached hydrogens (tertiary/aromatic N) is 2. The Balaban J connectivity index is 1.84. The standard InChI is InChI=1S/C22H14N2O2S/c23-13-19-18(12-14-5-6-15-3-1-2-4-17(15)11-14)21(22(25)26)27-20(19)16-7-9-24-10-8-16/h1-11H,12H2,(H,25,26). The number of hydrogen-bond donors (Lipinski definition) is 1. The number of aromatic carboxylic acids is 1. The van der Waals surface area contributed by atoms with Gasteiger partial charge in [-0.05, 0) is 34.0 Å². The fourth-order valence-corrected chi connectivity index (χ4v) is 4.30. The van der Waals surface area contributed by atoms with Crippen LogP contribution in [0.5, 0.6) is 0 Å². The Morgan fingerprint density at radius 2 is 1.81 bits per heavy atom. The number of benzene rings is 2. The van der Waals surface area contributed by atoms with Gasteiger partial charge in [-0.25, -0.2) is 4.79 Å². The number of aromatic nitrogens is 1. The minimum atomic E-state index is -1.01. The van der Waals surface area contributed by atoms with E-state index in [0.29, 0.717) is 22.4 Å². The van der Waals surface area contributed by atoms with Crippen molar-refractivity contribution in [1.29, 1.82) is 5.26 Å². The summed E-state index contributed by atoms with van der Waals surface area (Å²) < 4.78 is 0. The Labute approximate surface area is 160 Å². The van der Waals surface area contributed by atoms with Gasteiger partial charge in [0, 0.05) is 24.4 Å². The predicted molar refractivity (Wildman–Crippen MR) is 106 cm³/mol. The second-order valence-electron chi connectivity index (χ2n) is 6.12. The van der Waals surface area contributed by atoms with Gasteiger partial charge < -0.3 is 5.11 Å². The summed E-state index contributed by atoms with van der Waals surface area (Å²) in [5, 5.41) is 21.7. The van der Waals surface area contributed by atoms with Gasteiger partial charge in [-0.3, -0.25) is 4.98 Å². The summed E-state index contributed by atoms with van der Waals surface area (Å²) in [6.07, 6.45) is 3.68. The second kappa shape index (κ2) is 7.02. The Morgan fingerprint density at radius 1 is 1.07 bits per heavy atom. The van der Waals surface area contributed by atoms with Crippen LogP contribution < -0.4 is 0 Å². The van der Waals surface area contributed by atoms with Gasteiger partial charge in [-0.1, -0.05) is 42.5 Å². The molecule has 0 aliphatic carbocycles. The topological polar surface area (TPSA) is 74.0 Å². The third-order valence-electron chi connectivity index (χ3n) is 4.45. The molecule has 0 atom stereocenters. The molecule has 0 spiro atoms. The van der Waals surface area contributed by atoms with E-state index in [9.17, 15) is 15.2 Å². The van der Waals surface area contributed by atoms with E-state index in [1.165, 1.54) is 0 Å². The van der Waals surface area contributed by atoms with Crippen molar-refractivity contribution in [2.24, 2.45) is 0 Å². The fraction of sp³-hybridized carbons (Fsp3) is 0.0455. The van der Waals surface area contributed by atoms with Crippen molar-refractivity contribution in [3.63, 3.8) is 0 Å². The lowest BCUT2D eigenvalue weighted by Gasteiger charge is -2.05. The van der Waals surface area contributed by atoms with Gasteiger partial charge in [0.05, 0.1) is 10.4 Å². The first-order valence-corrected chi connectivity index (χ1v) is 9.16. The van der Waals surface area contributed by atoms with E-state index >= 15 is 0 Å². The first-order valence-electron chi connectivity index (χ1n) is 8.34. The van der Waals surface area contributed by atoms with Gasteiger partial charge in [-0.2, -0.15) is 5.26 Å². The molecule has 0 aliphatic rings. The molecule has 0 saturated carbocycles. The van der Waals surface area contributed by atoms with E-state index in [1.807, 2.05) is 42.5 Å². The lowest BCUT2D eigenvalue weighted by molar-refractivity contribution is 0.0701. The van der Waals surface area contributed by atoms with Crippen LogP contribution in [0.15, 0.2) is 67.0 Å². The monoisotopic (exact) mass is 370 g/mol.